The highest BCUT2D eigenvalue weighted by atomic mass is 16.5. The zero-order valence-corrected chi connectivity index (χ0v) is 12.9. The van der Waals surface area contributed by atoms with Gasteiger partial charge in [-0.2, -0.15) is 0 Å². The molecule has 0 aromatic carbocycles. The van der Waals surface area contributed by atoms with Gasteiger partial charge in [-0.15, -0.1) is 0 Å². The molecule has 0 radical (unpaired) electrons. The van der Waals surface area contributed by atoms with Crippen molar-refractivity contribution in [1.82, 2.24) is 5.32 Å². The van der Waals surface area contributed by atoms with Gasteiger partial charge in [0.15, 0.2) is 0 Å². The second-order valence-electron chi connectivity index (χ2n) is 6.59. The van der Waals surface area contributed by atoms with E-state index in [1.807, 2.05) is 0 Å². The van der Waals surface area contributed by atoms with Gasteiger partial charge < -0.3 is 10.1 Å². The summed E-state index contributed by atoms with van der Waals surface area (Å²) < 4.78 is 5.36. The molecular formula is C17H31NO2. The van der Waals surface area contributed by atoms with E-state index in [4.69, 9.17) is 4.74 Å². The molecule has 1 aliphatic carbocycles. The van der Waals surface area contributed by atoms with E-state index in [9.17, 15) is 4.79 Å². The first-order valence-electron chi connectivity index (χ1n) is 8.69. The Kier molecular flexibility index (Phi) is 7.42. The standard InChI is InChI=1S/C17H31NO2/c19-17(9-8-15-5-2-1-3-6-15)18-12-4-7-16-10-13-20-14-11-16/h15-16H,1-14H2,(H,18,19). The quantitative estimate of drug-likeness (QED) is 0.723. The highest BCUT2D eigenvalue weighted by Gasteiger charge is 2.15. The van der Waals surface area contributed by atoms with Crippen LogP contribution in [0.5, 0.6) is 0 Å². The molecule has 0 unspecified atom stereocenters. The lowest BCUT2D eigenvalue weighted by molar-refractivity contribution is -0.121. The fourth-order valence-electron chi connectivity index (χ4n) is 3.55. The van der Waals surface area contributed by atoms with Crippen LogP contribution in [-0.2, 0) is 9.53 Å². The average Bonchev–Trinajstić information content (AvgIpc) is 2.52. The summed E-state index contributed by atoms with van der Waals surface area (Å²) in [6, 6.07) is 0. The molecule has 116 valence electrons. The molecule has 20 heavy (non-hydrogen) atoms. The number of hydrogen-bond donors (Lipinski definition) is 1. The predicted octanol–water partition coefficient (Wildman–Crippen LogP) is 3.67. The molecule has 1 saturated carbocycles. The maximum Gasteiger partial charge on any atom is 0.220 e. The third-order valence-electron chi connectivity index (χ3n) is 4.96. The first-order chi connectivity index (χ1) is 9.84. The van der Waals surface area contributed by atoms with Gasteiger partial charge in [-0.3, -0.25) is 4.79 Å². The number of ether oxygens (including phenoxy) is 1. The SMILES string of the molecule is O=C(CCC1CCCCC1)NCCCC1CCOCC1. The smallest absolute Gasteiger partial charge is 0.220 e. The predicted molar refractivity (Wildman–Crippen MR) is 81.6 cm³/mol. The van der Waals surface area contributed by atoms with E-state index in [0.29, 0.717) is 0 Å². The van der Waals surface area contributed by atoms with E-state index in [0.717, 1.165) is 50.9 Å². The molecule has 0 bridgehead atoms. The third-order valence-corrected chi connectivity index (χ3v) is 4.96. The molecule has 1 amide bonds. The van der Waals surface area contributed by atoms with E-state index in [2.05, 4.69) is 5.32 Å². The number of nitrogens with one attached hydrogen (secondary N) is 1. The van der Waals surface area contributed by atoms with E-state index in [1.54, 1.807) is 0 Å². The van der Waals surface area contributed by atoms with Crippen molar-refractivity contribution >= 4 is 5.91 Å². The summed E-state index contributed by atoms with van der Waals surface area (Å²) in [6.07, 6.45) is 13.4. The van der Waals surface area contributed by atoms with Crippen molar-refractivity contribution in [3.05, 3.63) is 0 Å². The van der Waals surface area contributed by atoms with Crippen LogP contribution in [0, 0.1) is 11.8 Å². The Bertz CT molecular complexity index is 268. The van der Waals surface area contributed by atoms with E-state index in [-0.39, 0.29) is 5.91 Å². The molecule has 1 heterocycles. The van der Waals surface area contributed by atoms with Crippen molar-refractivity contribution in [1.29, 1.82) is 0 Å². The van der Waals surface area contributed by atoms with Crippen LogP contribution >= 0.6 is 0 Å². The van der Waals surface area contributed by atoms with Crippen LogP contribution in [0.15, 0.2) is 0 Å². The molecule has 0 spiro atoms. The van der Waals surface area contributed by atoms with Crippen molar-refractivity contribution in [2.75, 3.05) is 19.8 Å². The van der Waals surface area contributed by atoms with Crippen LogP contribution in [-0.4, -0.2) is 25.7 Å². The summed E-state index contributed by atoms with van der Waals surface area (Å²) in [5, 5.41) is 3.09. The minimum atomic E-state index is 0.266. The normalized spacial score (nSPS) is 21.8. The molecule has 0 atom stereocenters. The van der Waals surface area contributed by atoms with E-state index < -0.39 is 0 Å². The van der Waals surface area contributed by atoms with Crippen LogP contribution in [0.4, 0.5) is 0 Å². The van der Waals surface area contributed by atoms with Crippen molar-refractivity contribution < 1.29 is 9.53 Å². The van der Waals surface area contributed by atoms with Crippen LogP contribution in [0.2, 0.25) is 0 Å². The average molecular weight is 281 g/mol. The molecule has 2 aliphatic rings. The lowest BCUT2D eigenvalue weighted by atomic mass is 9.86. The van der Waals surface area contributed by atoms with Gasteiger partial charge >= 0.3 is 0 Å². The molecule has 1 saturated heterocycles. The van der Waals surface area contributed by atoms with Gasteiger partial charge in [0, 0.05) is 26.2 Å². The molecule has 3 heteroatoms. The molecule has 0 aromatic rings. The van der Waals surface area contributed by atoms with Gasteiger partial charge in [0.05, 0.1) is 0 Å². The largest absolute Gasteiger partial charge is 0.381 e. The summed E-state index contributed by atoms with van der Waals surface area (Å²) in [4.78, 5) is 11.8. The van der Waals surface area contributed by atoms with Gasteiger partial charge in [0.25, 0.3) is 0 Å². The highest BCUT2D eigenvalue weighted by Crippen LogP contribution is 2.27. The Morgan fingerprint density at radius 1 is 0.950 bits per heavy atom. The molecule has 2 rings (SSSR count). The summed E-state index contributed by atoms with van der Waals surface area (Å²) in [5.41, 5.74) is 0. The third kappa shape index (κ3) is 6.25. The number of rotatable bonds is 7. The summed E-state index contributed by atoms with van der Waals surface area (Å²) >= 11 is 0. The second kappa shape index (κ2) is 9.38. The zero-order valence-electron chi connectivity index (χ0n) is 12.9. The maximum absolute atomic E-state index is 11.8. The molecule has 3 nitrogen and oxygen atoms in total. The topological polar surface area (TPSA) is 38.3 Å². The summed E-state index contributed by atoms with van der Waals surface area (Å²) in [5.74, 6) is 1.90. The summed E-state index contributed by atoms with van der Waals surface area (Å²) in [6.45, 7) is 2.72. The van der Waals surface area contributed by atoms with Gasteiger partial charge in [-0.1, -0.05) is 32.1 Å². The van der Waals surface area contributed by atoms with Gasteiger partial charge in [-0.25, -0.2) is 0 Å². The number of carbonyl (C=O) groups excluding carboxylic acids is 1. The molecule has 2 fully saturated rings. The monoisotopic (exact) mass is 281 g/mol. The molecule has 1 N–H and O–H groups in total. The lowest BCUT2D eigenvalue weighted by Gasteiger charge is -2.22. The Morgan fingerprint density at radius 2 is 1.65 bits per heavy atom. The molecule has 0 aromatic heterocycles. The van der Waals surface area contributed by atoms with E-state index >= 15 is 0 Å². The highest BCUT2D eigenvalue weighted by molar-refractivity contribution is 5.75. The van der Waals surface area contributed by atoms with Gasteiger partial charge in [-0.05, 0) is 43.9 Å². The number of hydrogen-bond acceptors (Lipinski definition) is 2. The van der Waals surface area contributed by atoms with Gasteiger partial charge in [0.2, 0.25) is 5.91 Å². The number of amides is 1. The lowest BCUT2D eigenvalue weighted by Crippen LogP contribution is -2.26. The Balaban J connectivity index is 1.45. The van der Waals surface area contributed by atoms with Crippen LogP contribution in [0.25, 0.3) is 0 Å². The van der Waals surface area contributed by atoms with Crippen molar-refractivity contribution in [2.45, 2.75) is 70.6 Å². The first-order valence-corrected chi connectivity index (χ1v) is 8.69. The Labute approximate surface area is 123 Å². The Morgan fingerprint density at radius 3 is 2.40 bits per heavy atom. The maximum atomic E-state index is 11.8. The van der Waals surface area contributed by atoms with Crippen molar-refractivity contribution in [3.8, 4) is 0 Å². The fourth-order valence-corrected chi connectivity index (χ4v) is 3.55. The zero-order chi connectivity index (χ0) is 14.0. The van der Waals surface area contributed by atoms with Crippen LogP contribution in [0.3, 0.4) is 0 Å². The van der Waals surface area contributed by atoms with Gasteiger partial charge in [0.1, 0.15) is 0 Å². The minimum absolute atomic E-state index is 0.266. The number of carbonyl (C=O) groups is 1. The van der Waals surface area contributed by atoms with Crippen molar-refractivity contribution in [2.24, 2.45) is 11.8 Å². The fraction of sp³-hybridized carbons (Fsp3) is 0.941. The van der Waals surface area contributed by atoms with E-state index in [1.165, 1.54) is 51.4 Å². The Hall–Kier alpha value is -0.570. The van der Waals surface area contributed by atoms with Crippen LogP contribution in [0.1, 0.15) is 70.6 Å². The minimum Gasteiger partial charge on any atom is -0.381 e. The molecule has 1 aliphatic heterocycles. The second-order valence-corrected chi connectivity index (χ2v) is 6.59. The molecular weight excluding hydrogens is 250 g/mol. The van der Waals surface area contributed by atoms with Crippen LogP contribution < -0.4 is 5.32 Å². The van der Waals surface area contributed by atoms with Crippen molar-refractivity contribution in [3.63, 3.8) is 0 Å². The summed E-state index contributed by atoms with van der Waals surface area (Å²) in [7, 11) is 0. The first kappa shape index (κ1) is 15.8.